The van der Waals surface area contributed by atoms with Gasteiger partial charge in [-0.3, -0.25) is 9.59 Å². The highest BCUT2D eigenvalue weighted by Crippen LogP contribution is 2.30. The second-order valence-electron chi connectivity index (χ2n) is 5.93. The van der Waals surface area contributed by atoms with Crippen molar-refractivity contribution >= 4 is 23.2 Å². The number of rotatable bonds is 4. The Balaban J connectivity index is 1.62. The third-order valence-electron chi connectivity index (χ3n) is 3.97. The summed E-state index contributed by atoms with van der Waals surface area (Å²) < 4.78 is 0. The Morgan fingerprint density at radius 2 is 2.19 bits per heavy atom. The molecule has 2 fully saturated rings. The Morgan fingerprint density at radius 3 is 2.86 bits per heavy atom. The molecule has 1 atom stereocenters. The lowest BCUT2D eigenvalue weighted by atomic mass is 10.2. The van der Waals surface area contributed by atoms with Crippen LogP contribution in [0, 0.1) is 5.92 Å². The molecule has 0 spiro atoms. The maximum absolute atomic E-state index is 12.3. The highest BCUT2D eigenvalue weighted by Gasteiger charge is 2.33. The number of nitrogens with zero attached hydrogens (tertiary/aromatic N) is 2. The van der Waals surface area contributed by atoms with Gasteiger partial charge in [-0.25, -0.2) is 0 Å². The molecule has 1 aromatic heterocycles. The number of aliphatic hydroxyl groups is 1. The van der Waals surface area contributed by atoms with Gasteiger partial charge in [-0.05, 0) is 30.2 Å². The summed E-state index contributed by atoms with van der Waals surface area (Å²) in [7, 11) is 0. The molecular weight excluding hydrogens is 288 g/mol. The second-order valence-corrected chi connectivity index (χ2v) is 6.96. The van der Waals surface area contributed by atoms with Crippen LogP contribution in [0.25, 0.3) is 0 Å². The number of hydrogen-bond acceptors (Lipinski definition) is 4. The first-order valence-electron chi connectivity index (χ1n) is 7.38. The molecule has 0 aromatic carbocycles. The quantitative estimate of drug-likeness (QED) is 0.892. The number of amides is 2. The lowest BCUT2D eigenvalue weighted by molar-refractivity contribution is -0.138. The van der Waals surface area contributed by atoms with Crippen LogP contribution in [-0.2, 0) is 16.0 Å². The third-order valence-corrected chi connectivity index (χ3v) is 4.85. The smallest absolute Gasteiger partial charge is 0.242 e. The Hall–Kier alpha value is -1.40. The van der Waals surface area contributed by atoms with Gasteiger partial charge in [-0.1, -0.05) is 6.07 Å². The molecule has 1 aromatic rings. The van der Waals surface area contributed by atoms with Crippen molar-refractivity contribution in [1.29, 1.82) is 0 Å². The molecule has 1 aliphatic carbocycles. The van der Waals surface area contributed by atoms with Crippen molar-refractivity contribution in [3.63, 3.8) is 0 Å². The number of hydrogen-bond donors (Lipinski definition) is 1. The molecule has 5 nitrogen and oxygen atoms in total. The number of aliphatic hydroxyl groups excluding tert-OH is 1. The van der Waals surface area contributed by atoms with E-state index < -0.39 is 6.10 Å². The van der Waals surface area contributed by atoms with E-state index in [-0.39, 0.29) is 24.9 Å². The van der Waals surface area contributed by atoms with Gasteiger partial charge in [0.1, 0.15) is 0 Å². The van der Waals surface area contributed by atoms with Crippen LogP contribution in [0.5, 0.6) is 0 Å². The van der Waals surface area contributed by atoms with Crippen LogP contribution in [-0.4, -0.2) is 59.0 Å². The molecule has 2 aliphatic rings. The number of carbonyl (C=O) groups is 2. The molecule has 6 heteroatoms. The second kappa shape index (κ2) is 6.15. The minimum absolute atomic E-state index is 0.0435. The van der Waals surface area contributed by atoms with Gasteiger partial charge in [0.15, 0.2) is 0 Å². The molecule has 1 aliphatic heterocycles. The predicted octanol–water partition coefficient (Wildman–Crippen LogP) is 0.732. The van der Waals surface area contributed by atoms with Crippen LogP contribution in [0.2, 0.25) is 0 Å². The zero-order valence-electron chi connectivity index (χ0n) is 11.9. The van der Waals surface area contributed by atoms with E-state index in [0.29, 0.717) is 18.9 Å². The molecule has 1 saturated carbocycles. The van der Waals surface area contributed by atoms with E-state index in [2.05, 4.69) is 0 Å². The van der Waals surface area contributed by atoms with E-state index in [1.807, 2.05) is 17.5 Å². The fourth-order valence-corrected chi connectivity index (χ4v) is 3.34. The molecule has 114 valence electrons. The maximum Gasteiger partial charge on any atom is 0.242 e. The first-order chi connectivity index (χ1) is 10.1. The molecule has 2 amide bonds. The number of β-amino-alcohol motifs (C(OH)–C–C–N with tert-alkyl or cyclic N) is 1. The van der Waals surface area contributed by atoms with Crippen LogP contribution in [0.15, 0.2) is 17.5 Å². The summed E-state index contributed by atoms with van der Waals surface area (Å²) in [6.07, 6.45) is 1.99. The third kappa shape index (κ3) is 3.83. The zero-order valence-corrected chi connectivity index (χ0v) is 12.7. The molecule has 0 bridgehead atoms. The van der Waals surface area contributed by atoms with Crippen molar-refractivity contribution in [1.82, 2.24) is 9.80 Å². The Bertz CT molecular complexity index is 513. The predicted molar refractivity (Wildman–Crippen MR) is 79.9 cm³/mol. The average molecular weight is 308 g/mol. The van der Waals surface area contributed by atoms with Crippen molar-refractivity contribution in [3.05, 3.63) is 22.4 Å². The lowest BCUT2D eigenvalue weighted by Gasteiger charge is -2.21. The van der Waals surface area contributed by atoms with Crippen LogP contribution in [0.4, 0.5) is 0 Å². The lowest BCUT2D eigenvalue weighted by Crippen LogP contribution is -2.40. The summed E-state index contributed by atoms with van der Waals surface area (Å²) in [6, 6.07) is 3.82. The topological polar surface area (TPSA) is 60.9 Å². The molecular formula is C15H20N2O3S. The van der Waals surface area contributed by atoms with E-state index >= 15 is 0 Å². The van der Waals surface area contributed by atoms with Gasteiger partial charge in [0, 0.05) is 24.5 Å². The van der Waals surface area contributed by atoms with E-state index in [1.54, 1.807) is 4.90 Å². The van der Waals surface area contributed by atoms with Crippen molar-refractivity contribution in [2.75, 3.05) is 26.2 Å². The van der Waals surface area contributed by atoms with Gasteiger partial charge in [-0.2, -0.15) is 0 Å². The van der Waals surface area contributed by atoms with Crippen LogP contribution < -0.4 is 0 Å². The standard InChI is InChI=1S/C15H20N2O3S/c18-12-8-16(7-11-3-4-11)15(20)10-17(9-12)14(19)6-13-2-1-5-21-13/h1-2,5,11-12,18H,3-4,6-10H2. The van der Waals surface area contributed by atoms with Crippen molar-refractivity contribution < 1.29 is 14.7 Å². The first kappa shape index (κ1) is 14.5. The van der Waals surface area contributed by atoms with Crippen LogP contribution in [0.1, 0.15) is 17.7 Å². The normalized spacial score (nSPS) is 23.3. The largest absolute Gasteiger partial charge is 0.389 e. The van der Waals surface area contributed by atoms with Gasteiger partial charge < -0.3 is 14.9 Å². The fraction of sp³-hybridized carbons (Fsp3) is 0.600. The first-order valence-corrected chi connectivity index (χ1v) is 8.26. The summed E-state index contributed by atoms with van der Waals surface area (Å²) >= 11 is 1.53. The van der Waals surface area contributed by atoms with E-state index in [4.69, 9.17) is 0 Å². The Kier molecular flexibility index (Phi) is 4.26. The van der Waals surface area contributed by atoms with Crippen molar-refractivity contribution in [2.45, 2.75) is 25.4 Å². The number of thiophene rings is 1. The summed E-state index contributed by atoms with van der Waals surface area (Å²) in [5, 5.41) is 12.0. The van der Waals surface area contributed by atoms with Crippen LogP contribution >= 0.6 is 11.3 Å². The maximum atomic E-state index is 12.3. The fourth-order valence-electron chi connectivity index (χ4n) is 2.65. The molecule has 2 heterocycles. The average Bonchev–Trinajstić information content (AvgIpc) is 3.13. The summed E-state index contributed by atoms with van der Waals surface area (Å²) in [5.41, 5.74) is 0. The van der Waals surface area contributed by atoms with Gasteiger partial charge in [0.2, 0.25) is 11.8 Å². The van der Waals surface area contributed by atoms with Crippen molar-refractivity contribution in [2.24, 2.45) is 5.92 Å². The molecule has 0 radical (unpaired) electrons. The summed E-state index contributed by atoms with van der Waals surface area (Å²) in [6.45, 7) is 1.41. The van der Waals surface area contributed by atoms with E-state index in [1.165, 1.54) is 29.1 Å². The highest BCUT2D eigenvalue weighted by atomic mass is 32.1. The minimum Gasteiger partial charge on any atom is -0.389 e. The molecule has 21 heavy (non-hydrogen) atoms. The van der Waals surface area contributed by atoms with Gasteiger partial charge in [0.25, 0.3) is 0 Å². The van der Waals surface area contributed by atoms with Gasteiger partial charge in [0.05, 0.1) is 19.1 Å². The molecule has 1 N–H and O–H groups in total. The SMILES string of the molecule is O=C(Cc1cccs1)N1CC(=O)N(CC2CC2)CC(O)C1. The Morgan fingerprint density at radius 1 is 1.38 bits per heavy atom. The monoisotopic (exact) mass is 308 g/mol. The van der Waals surface area contributed by atoms with Gasteiger partial charge in [-0.15, -0.1) is 11.3 Å². The minimum atomic E-state index is -0.650. The Labute approximate surface area is 128 Å². The number of carbonyl (C=O) groups excluding carboxylic acids is 2. The van der Waals surface area contributed by atoms with Crippen LogP contribution in [0.3, 0.4) is 0 Å². The van der Waals surface area contributed by atoms with E-state index in [0.717, 1.165) is 11.4 Å². The van der Waals surface area contributed by atoms with Crippen molar-refractivity contribution in [3.8, 4) is 0 Å². The molecule has 1 unspecified atom stereocenters. The molecule has 3 rings (SSSR count). The van der Waals surface area contributed by atoms with Gasteiger partial charge >= 0.3 is 0 Å². The highest BCUT2D eigenvalue weighted by molar-refractivity contribution is 7.10. The van der Waals surface area contributed by atoms with E-state index in [9.17, 15) is 14.7 Å². The zero-order chi connectivity index (χ0) is 14.8. The summed E-state index contributed by atoms with van der Waals surface area (Å²) in [5.74, 6) is 0.464. The summed E-state index contributed by atoms with van der Waals surface area (Å²) in [4.78, 5) is 28.8. The molecule has 1 saturated heterocycles.